The molecule has 3 aliphatic heterocycles. The Labute approximate surface area is 255 Å². The quantitative estimate of drug-likeness (QED) is 0.331. The van der Waals surface area contributed by atoms with Crippen LogP contribution in [0.3, 0.4) is 0 Å². The smallest absolute Gasteiger partial charge is 0.256 e. The zero-order valence-electron chi connectivity index (χ0n) is 25.7. The number of hydrogen-bond acceptors (Lipinski definition) is 6. The highest BCUT2D eigenvalue weighted by molar-refractivity contribution is 6.10. The zero-order chi connectivity index (χ0) is 29.2. The number of carbonyl (C=O) groups is 1. The van der Waals surface area contributed by atoms with Gasteiger partial charge in [0.1, 0.15) is 0 Å². The Morgan fingerprint density at radius 2 is 1.67 bits per heavy atom. The van der Waals surface area contributed by atoms with Crippen LogP contribution >= 0.6 is 0 Å². The molecule has 1 atom stereocenters. The minimum Gasteiger partial charge on any atom is -0.453 e. The third-order valence-corrected chi connectivity index (χ3v) is 10.4. The Morgan fingerprint density at radius 1 is 0.930 bits per heavy atom. The van der Waals surface area contributed by atoms with E-state index in [1.165, 1.54) is 77.3 Å². The summed E-state index contributed by atoms with van der Waals surface area (Å²) in [4.78, 5) is 24.6. The van der Waals surface area contributed by atoms with Crippen molar-refractivity contribution >= 4 is 16.8 Å². The molecule has 3 fully saturated rings. The standard InChI is InChI=1S/C36H46N4O3/c1-25(26-11-5-2-6-12-26)37-36(41)33-30-21-28(23-39-19-15-29(16-20-39)40-17-9-4-10-18-40)34(27-13-7-3-8-14-27)38-31(30)22-32-35(33)43-24-42-32/h3,7-8,13-14,21-22,25-26,29H,2,4-6,9-12,15-20,23-24H2,1H3,(H,37,41)/t25-/m0/s1. The van der Waals surface area contributed by atoms with Crippen LogP contribution in [0.5, 0.6) is 11.5 Å². The minimum atomic E-state index is -0.0898. The van der Waals surface area contributed by atoms with E-state index in [0.29, 0.717) is 29.0 Å². The maximum absolute atomic E-state index is 14.0. The highest BCUT2D eigenvalue weighted by Gasteiger charge is 2.31. The molecule has 7 rings (SSSR count). The first-order chi connectivity index (χ1) is 21.1. The maximum atomic E-state index is 14.0. The van der Waals surface area contributed by atoms with Gasteiger partial charge in [-0.05, 0) is 89.2 Å². The predicted molar refractivity (Wildman–Crippen MR) is 171 cm³/mol. The lowest BCUT2D eigenvalue weighted by molar-refractivity contribution is 0.0897. The number of likely N-dealkylation sites (tertiary alicyclic amines) is 2. The maximum Gasteiger partial charge on any atom is 0.256 e. The Bertz CT molecular complexity index is 1420. The number of nitrogens with one attached hydrogen (secondary N) is 1. The lowest BCUT2D eigenvalue weighted by Crippen LogP contribution is -2.46. The summed E-state index contributed by atoms with van der Waals surface area (Å²) in [6.45, 7) is 7.78. The molecule has 0 spiro atoms. The van der Waals surface area contributed by atoms with Gasteiger partial charge in [-0.3, -0.25) is 9.69 Å². The molecule has 4 heterocycles. The number of pyridine rings is 1. The van der Waals surface area contributed by atoms with Crippen molar-refractivity contribution in [3.05, 3.63) is 53.6 Å². The molecule has 1 saturated carbocycles. The second-order valence-corrected chi connectivity index (χ2v) is 13.2. The molecule has 0 bridgehead atoms. The summed E-state index contributed by atoms with van der Waals surface area (Å²) in [5.41, 5.74) is 4.56. The van der Waals surface area contributed by atoms with Crippen LogP contribution in [-0.4, -0.2) is 65.7 Å². The van der Waals surface area contributed by atoms with Crippen molar-refractivity contribution in [2.24, 2.45) is 5.92 Å². The SMILES string of the molecule is C[C@H](NC(=O)c1c2c(cc3nc(-c4ccccc4)c(CN4CCC(N5CCCCC5)CC4)cc13)OCO2)C1CCCCC1. The summed E-state index contributed by atoms with van der Waals surface area (Å²) in [5.74, 6) is 1.57. The van der Waals surface area contributed by atoms with Gasteiger partial charge < -0.3 is 19.7 Å². The van der Waals surface area contributed by atoms with Crippen molar-refractivity contribution in [1.82, 2.24) is 20.1 Å². The number of nitrogens with zero attached hydrogens (tertiary/aromatic N) is 3. The Balaban J connectivity index is 1.21. The van der Waals surface area contributed by atoms with Crippen molar-refractivity contribution in [3.63, 3.8) is 0 Å². The molecular formula is C36H46N4O3. The average molecular weight is 583 g/mol. The molecule has 3 aromatic rings. The molecule has 43 heavy (non-hydrogen) atoms. The molecule has 1 aromatic heterocycles. The predicted octanol–water partition coefficient (Wildman–Crippen LogP) is 6.78. The van der Waals surface area contributed by atoms with Crippen molar-refractivity contribution in [2.75, 3.05) is 33.0 Å². The van der Waals surface area contributed by atoms with Gasteiger partial charge in [0.05, 0.1) is 16.8 Å². The first kappa shape index (κ1) is 28.6. The van der Waals surface area contributed by atoms with E-state index in [1.54, 1.807) is 0 Å². The van der Waals surface area contributed by atoms with Gasteiger partial charge in [-0.2, -0.15) is 0 Å². The Morgan fingerprint density at radius 3 is 2.44 bits per heavy atom. The normalized spacial score (nSPS) is 21.2. The van der Waals surface area contributed by atoms with Gasteiger partial charge >= 0.3 is 0 Å². The van der Waals surface area contributed by atoms with E-state index in [9.17, 15) is 4.79 Å². The Hall–Kier alpha value is -3.16. The van der Waals surface area contributed by atoms with Gasteiger partial charge in [-0.25, -0.2) is 4.98 Å². The van der Waals surface area contributed by atoms with E-state index in [1.807, 2.05) is 12.1 Å². The van der Waals surface area contributed by atoms with E-state index in [0.717, 1.165) is 47.4 Å². The molecule has 4 aliphatic rings. The van der Waals surface area contributed by atoms with E-state index in [4.69, 9.17) is 14.5 Å². The average Bonchev–Trinajstić information content (AvgIpc) is 3.53. The number of ether oxygens (including phenoxy) is 2. The molecule has 0 radical (unpaired) electrons. The van der Waals surface area contributed by atoms with Crippen LogP contribution in [0, 0.1) is 5.92 Å². The first-order valence-corrected chi connectivity index (χ1v) is 16.7. The van der Waals surface area contributed by atoms with Crippen molar-refractivity contribution < 1.29 is 14.3 Å². The van der Waals surface area contributed by atoms with Crippen LogP contribution in [-0.2, 0) is 6.54 Å². The number of amides is 1. The summed E-state index contributed by atoms with van der Waals surface area (Å²) in [6.07, 6.45) is 12.6. The first-order valence-electron chi connectivity index (χ1n) is 16.7. The highest BCUT2D eigenvalue weighted by atomic mass is 16.7. The lowest BCUT2D eigenvalue weighted by atomic mass is 9.84. The topological polar surface area (TPSA) is 66.9 Å². The molecule has 2 aromatic carbocycles. The number of carbonyl (C=O) groups excluding carboxylic acids is 1. The molecule has 1 N–H and O–H groups in total. The lowest BCUT2D eigenvalue weighted by Gasteiger charge is -2.40. The fourth-order valence-corrected chi connectivity index (χ4v) is 7.91. The van der Waals surface area contributed by atoms with Crippen molar-refractivity contribution in [3.8, 4) is 22.8 Å². The van der Waals surface area contributed by atoms with Crippen molar-refractivity contribution in [1.29, 1.82) is 0 Å². The third-order valence-electron chi connectivity index (χ3n) is 10.4. The number of piperidine rings is 2. The molecule has 7 nitrogen and oxygen atoms in total. The van der Waals surface area contributed by atoms with Crippen LogP contribution in [0.25, 0.3) is 22.2 Å². The molecular weight excluding hydrogens is 536 g/mol. The van der Waals surface area contributed by atoms with Gasteiger partial charge in [-0.15, -0.1) is 0 Å². The number of fused-ring (bicyclic) bond motifs is 2. The summed E-state index contributed by atoms with van der Waals surface area (Å²) in [7, 11) is 0. The van der Waals surface area contributed by atoms with Crippen LogP contribution in [0.4, 0.5) is 0 Å². The molecule has 0 unspecified atom stereocenters. The van der Waals surface area contributed by atoms with E-state index in [2.05, 4.69) is 52.4 Å². The second kappa shape index (κ2) is 12.8. The molecule has 2 saturated heterocycles. The highest BCUT2D eigenvalue weighted by Crippen LogP contribution is 2.42. The molecule has 1 aliphatic carbocycles. The summed E-state index contributed by atoms with van der Waals surface area (Å²) < 4.78 is 11.8. The molecule has 7 heteroatoms. The number of aromatic nitrogens is 1. The van der Waals surface area contributed by atoms with Crippen LogP contribution in [0.2, 0.25) is 0 Å². The molecule has 228 valence electrons. The van der Waals surface area contributed by atoms with Crippen LogP contribution < -0.4 is 14.8 Å². The summed E-state index contributed by atoms with van der Waals surface area (Å²) >= 11 is 0. The number of hydrogen-bond donors (Lipinski definition) is 1. The minimum absolute atomic E-state index is 0.0898. The van der Waals surface area contributed by atoms with Gasteiger partial charge in [0.25, 0.3) is 5.91 Å². The summed E-state index contributed by atoms with van der Waals surface area (Å²) in [5, 5.41) is 4.20. The van der Waals surface area contributed by atoms with Gasteiger partial charge in [0, 0.05) is 35.6 Å². The number of benzene rings is 2. The Kier molecular flexibility index (Phi) is 8.53. The third kappa shape index (κ3) is 6.12. The zero-order valence-corrected chi connectivity index (χ0v) is 25.7. The monoisotopic (exact) mass is 582 g/mol. The summed E-state index contributed by atoms with van der Waals surface area (Å²) in [6, 6.07) is 15.4. The number of rotatable bonds is 7. The van der Waals surface area contributed by atoms with Gasteiger partial charge in [0.2, 0.25) is 6.79 Å². The van der Waals surface area contributed by atoms with E-state index in [-0.39, 0.29) is 18.7 Å². The van der Waals surface area contributed by atoms with Crippen LogP contribution in [0.15, 0.2) is 42.5 Å². The van der Waals surface area contributed by atoms with Crippen molar-refractivity contribution in [2.45, 2.75) is 89.8 Å². The molecule has 1 amide bonds. The van der Waals surface area contributed by atoms with Gasteiger partial charge in [0.15, 0.2) is 11.5 Å². The van der Waals surface area contributed by atoms with E-state index < -0.39 is 0 Å². The fraction of sp³-hybridized carbons (Fsp3) is 0.556. The van der Waals surface area contributed by atoms with Crippen LogP contribution in [0.1, 0.15) is 87.1 Å². The van der Waals surface area contributed by atoms with Gasteiger partial charge in [-0.1, -0.05) is 56.0 Å². The fourth-order valence-electron chi connectivity index (χ4n) is 7.91. The second-order valence-electron chi connectivity index (χ2n) is 13.2. The van der Waals surface area contributed by atoms with E-state index >= 15 is 0 Å². The largest absolute Gasteiger partial charge is 0.453 e.